The number of nitrogens with zero attached hydrogens (tertiary/aromatic N) is 2. The number of nitrogens with two attached hydrogens (primary N) is 1. The van der Waals surface area contributed by atoms with E-state index in [1.165, 1.54) is 12.0 Å². The van der Waals surface area contributed by atoms with E-state index in [-0.39, 0.29) is 0 Å². The van der Waals surface area contributed by atoms with Crippen LogP contribution in [-0.4, -0.2) is 10.1 Å². The van der Waals surface area contributed by atoms with Crippen LogP contribution in [0.5, 0.6) is 0 Å². The van der Waals surface area contributed by atoms with Crippen LogP contribution in [0.1, 0.15) is 38.4 Å². The summed E-state index contributed by atoms with van der Waals surface area (Å²) < 4.78 is 4.97. The van der Waals surface area contributed by atoms with Gasteiger partial charge in [-0.25, -0.2) is 4.98 Å². The lowest BCUT2D eigenvalue weighted by atomic mass is 10.0. The Kier molecular flexibility index (Phi) is 5.15. The van der Waals surface area contributed by atoms with Gasteiger partial charge in [0, 0.05) is 16.5 Å². The van der Waals surface area contributed by atoms with E-state index in [1.54, 1.807) is 6.26 Å². The number of hydrogen-bond donors (Lipinski definition) is 1. The summed E-state index contributed by atoms with van der Waals surface area (Å²) in [7, 11) is 0. The van der Waals surface area contributed by atoms with Gasteiger partial charge in [-0.15, -0.1) is 0 Å². The fraction of sp³-hybridized carbons (Fsp3) is 0.333. The van der Waals surface area contributed by atoms with E-state index < -0.39 is 0 Å². The van der Waals surface area contributed by atoms with Gasteiger partial charge in [0.25, 0.3) is 0 Å². The molecule has 22 heavy (non-hydrogen) atoms. The Hall–Kier alpha value is -2.36. The molecule has 0 amide bonds. The molecule has 0 bridgehead atoms. The van der Waals surface area contributed by atoms with Crippen molar-refractivity contribution in [2.45, 2.75) is 40.5 Å². The molecule has 0 aliphatic heterocycles. The van der Waals surface area contributed by atoms with Crippen LogP contribution in [-0.2, 0) is 6.42 Å². The van der Waals surface area contributed by atoms with Crippen molar-refractivity contribution in [2.75, 3.05) is 5.73 Å². The molecule has 2 N–H and O–H groups in total. The molecular weight excluding hydrogens is 274 g/mol. The van der Waals surface area contributed by atoms with Gasteiger partial charge in [0.2, 0.25) is 0 Å². The van der Waals surface area contributed by atoms with Gasteiger partial charge in [0.1, 0.15) is 12.1 Å². The van der Waals surface area contributed by atoms with Gasteiger partial charge in [-0.3, -0.25) is 0 Å². The van der Waals surface area contributed by atoms with E-state index >= 15 is 0 Å². The summed E-state index contributed by atoms with van der Waals surface area (Å²) in [6, 6.07) is 8.31. The normalized spacial score (nSPS) is 10.4. The average Bonchev–Trinajstić information content (AvgIpc) is 2.92. The minimum Gasteiger partial charge on any atom is -0.383 e. The Morgan fingerprint density at radius 3 is 2.41 bits per heavy atom. The molecule has 2 heterocycles. The van der Waals surface area contributed by atoms with Gasteiger partial charge < -0.3 is 10.3 Å². The highest BCUT2D eigenvalue weighted by Crippen LogP contribution is 2.30. The van der Waals surface area contributed by atoms with Gasteiger partial charge in [-0.2, -0.15) is 0 Å². The second-order valence-electron chi connectivity index (χ2n) is 5.32. The van der Waals surface area contributed by atoms with Crippen LogP contribution in [0.4, 0.5) is 5.82 Å². The molecule has 3 aromatic rings. The average molecular weight is 297 g/mol. The number of aryl methyl sites for hydroxylation is 2. The smallest absolute Gasteiger partial charge is 0.132 e. The number of hydrogen-bond acceptors (Lipinski definition) is 4. The zero-order valence-electron chi connectivity index (χ0n) is 13.7. The van der Waals surface area contributed by atoms with E-state index in [4.69, 9.17) is 10.3 Å². The van der Waals surface area contributed by atoms with Crippen LogP contribution in [0.15, 0.2) is 35.1 Å². The maximum atomic E-state index is 6.06. The fourth-order valence-electron chi connectivity index (χ4n) is 2.21. The Morgan fingerprint density at radius 1 is 1.09 bits per heavy atom. The summed E-state index contributed by atoms with van der Waals surface area (Å²) in [5.74, 6) is 0.507. The lowest BCUT2D eigenvalue weighted by Crippen LogP contribution is -1.96. The molecule has 0 saturated carbocycles. The van der Waals surface area contributed by atoms with Crippen LogP contribution in [0.3, 0.4) is 0 Å². The van der Waals surface area contributed by atoms with E-state index in [9.17, 15) is 0 Å². The number of benzene rings is 1. The summed E-state index contributed by atoms with van der Waals surface area (Å²) in [5, 5.41) is 4.95. The maximum Gasteiger partial charge on any atom is 0.132 e. The predicted octanol–water partition coefficient (Wildman–Crippen LogP) is 4.76. The fourth-order valence-corrected chi connectivity index (χ4v) is 2.21. The Bertz CT molecular complexity index is 762. The van der Waals surface area contributed by atoms with Crippen molar-refractivity contribution in [3.05, 3.63) is 41.8 Å². The second kappa shape index (κ2) is 7.07. The monoisotopic (exact) mass is 297 g/mol. The largest absolute Gasteiger partial charge is 0.383 e. The van der Waals surface area contributed by atoms with E-state index in [1.807, 2.05) is 13.0 Å². The number of fused-ring (bicyclic) bond motifs is 1. The van der Waals surface area contributed by atoms with Gasteiger partial charge >= 0.3 is 0 Å². The van der Waals surface area contributed by atoms with Crippen LogP contribution in [0, 0.1) is 6.92 Å². The third-order valence-corrected chi connectivity index (χ3v) is 3.36. The number of nitrogen functional groups attached to an aromatic ring is 1. The molecular formula is C18H23N3O. The Labute approximate surface area is 131 Å². The number of pyridine rings is 1. The molecule has 0 atom stereocenters. The zero-order valence-corrected chi connectivity index (χ0v) is 13.7. The van der Waals surface area contributed by atoms with Crippen molar-refractivity contribution in [3.8, 4) is 11.1 Å². The lowest BCUT2D eigenvalue weighted by Gasteiger charge is -2.07. The van der Waals surface area contributed by atoms with Crippen LogP contribution >= 0.6 is 0 Å². The van der Waals surface area contributed by atoms with Gasteiger partial charge in [0.15, 0.2) is 0 Å². The minimum atomic E-state index is 0.507. The van der Waals surface area contributed by atoms with Crippen LogP contribution in [0.2, 0.25) is 0 Å². The summed E-state index contributed by atoms with van der Waals surface area (Å²) >= 11 is 0. The molecule has 0 aliphatic carbocycles. The Balaban J connectivity index is 0.000000545. The first-order valence-electron chi connectivity index (χ1n) is 7.71. The first-order valence-corrected chi connectivity index (χ1v) is 7.71. The first-order chi connectivity index (χ1) is 10.6. The predicted molar refractivity (Wildman–Crippen MR) is 91.7 cm³/mol. The number of aromatic nitrogens is 2. The van der Waals surface area contributed by atoms with Gasteiger partial charge in [-0.05, 0) is 31.0 Å². The quantitative estimate of drug-likeness (QED) is 0.740. The summed E-state index contributed by atoms with van der Waals surface area (Å²) in [5.41, 5.74) is 10.8. The molecule has 0 fully saturated rings. The van der Waals surface area contributed by atoms with Crippen molar-refractivity contribution in [2.24, 2.45) is 0 Å². The summed E-state index contributed by atoms with van der Waals surface area (Å²) in [6.07, 6.45) is 3.85. The van der Waals surface area contributed by atoms with Crippen molar-refractivity contribution in [1.82, 2.24) is 10.1 Å². The maximum absolute atomic E-state index is 6.06. The SMILES string of the molecule is CCC.CCc1ccc2cc(-c3conc3C)c(N)nc2c1. The number of rotatable bonds is 2. The third kappa shape index (κ3) is 3.27. The van der Waals surface area contributed by atoms with Crippen LogP contribution < -0.4 is 5.73 Å². The van der Waals surface area contributed by atoms with Crippen molar-refractivity contribution in [3.63, 3.8) is 0 Å². The third-order valence-electron chi connectivity index (χ3n) is 3.36. The first kappa shape index (κ1) is 16.0. The molecule has 4 heteroatoms. The summed E-state index contributed by atoms with van der Waals surface area (Å²) in [6.45, 7) is 8.27. The molecule has 2 aromatic heterocycles. The molecule has 0 spiro atoms. The molecule has 0 aliphatic rings. The van der Waals surface area contributed by atoms with E-state index in [0.29, 0.717) is 5.82 Å². The minimum absolute atomic E-state index is 0.507. The molecule has 4 nitrogen and oxygen atoms in total. The molecule has 0 radical (unpaired) electrons. The van der Waals surface area contributed by atoms with Crippen molar-refractivity contribution in [1.29, 1.82) is 0 Å². The van der Waals surface area contributed by atoms with E-state index in [2.05, 4.69) is 49.1 Å². The van der Waals surface area contributed by atoms with Gasteiger partial charge in [-0.1, -0.05) is 44.5 Å². The highest BCUT2D eigenvalue weighted by atomic mass is 16.5. The topological polar surface area (TPSA) is 64.9 Å². The molecule has 1 aromatic carbocycles. The van der Waals surface area contributed by atoms with Gasteiger partial charge in [0.05, 0.1) is 11.2 Å². The molecule has 0 saturated heterocycles. The standard InChI is InChI=1S/C15H15N3O.C3H8/c1-3-10-4-5-11-7-12(13-8-19-18-9(13)2)15(16)17-14(11)6-10;1-3-2/h4-8H,3H2,1-2H3,(H2,16,17);3H2,1-2H3. The van der Waals surface area contributed by atoms with Crippen molar-refractivity contribution >= 4 is 16.7 Å². The second-order valence-corrected chi connectivity index (χ2v) is 5.32. The molecule has 116 valence electrons. The molecule has 3 rings (SSSR count). The lowest BCUT2D eigenvalue weighted by molar-refractivity contribution is 0.415. The van der Waals surface area contributed by atoms with Crippen LogP contribution in [0.25, 0.3) is 22.0 Å². The van der Waals surface area contributed by atoms with E-state index in [0.717, 1.165) is 34.1 Å². The molecule has 0 unspecified atom stereocenters. The highest BCUT2D eigenvalue weighted by Gasteiger charge is 2.12. The highest BCUT2D eigenvalue weighted by molar-refractivity contribution is 5.89. The summed E-state index contributed by atoms with van der Waals surface area (Å²) in [4.78, 5) is 4.49. The van der Waals surface area contributed by atoms with Crippen molar-refractivity contribution < 1.29 is 4.52 Å². The Morgan fingerprint density at radius 2 is 1.82 bits per heavy atom. The zero-order chi connectivity index (χ0) is 16.1. The number of anilines is 1.